The quantitative estimate of drug-likeness (QED) is 0.414. The van der Waals surface area contributed by atoms with Crippen molar-refractivity contribution in [2.24, 2.45) is 7.05 Å². The summed E-state index contributed by atoms with van der Waals surface area (Å²) in [7, 11) is 3.46. The molecule has 0 saturated heterocycles. The fourth-order valence-electron chi connectivity index (χ4n) is 2.55. The van der Waals surface area contributed by atoms with Crippen LogP contribution in [0.2, 0.25) is 0 Å². The molecule has 1 amide bonds. The number of carbonyl (C=O) groups excluding carboxylic acids is 2. The largest absolute Gasteiger partial charge is 0.497 e. The highest BCUT2D eigenvalue weighted by Gasteiger charge is 2.18. The van der Waals surface area contributed by atoms with E-state index in [1.165, 1.54) is 11.8 Å². The van der Waals surface area contributed by atoms with Crippen LogP contribution in [0, 0.1) is 6.92 Å². The Kier molecular flexibility index (Phi) is 7.06. The van der Waals surface area contributed by atoms with Crippen molar-refractivity contribution in [1.82, 2.24) is 19.7 Å². The second-order valence-corrected chi connectivity index (χ2v) is 8.03. The molecule has 0 fully saturated rings. The Morgan fingerprint density at radius 3 is 2.63 bits per heavy atom. The fraction of sp³-hybridized carbons (Fsp3) is 0.316. The predicted molar refractivity (Wildman–Crippen MR) is 115 cm³/mol. The second-order valence-electron chi connectivity index (χ2n) is 6.08. The van der Waals surface area contributed by atoms with Crippen molar-refractivity contribution in [3.8, 4) is 17.1 Å². The molecule has 0 aliphatic rings. The van der Waals surface area contributed by atoms with Crippen molar-refractivity contribution in [1.29, 1.82) is 0 Å². The third-order valence-electron chi connectivity index (χ3n) is 4.02. The fourth-order valence-corrected chi connectivity index (χ4v) is 4.14. The van der Waals surface area contributed by atoms with Crippen LogP contribution in [0.1, 0.15) is 22.3 Å². The van der Waals surface area contributed by atoms with Gasteiger partial charge in [-0.3, -0.25) is 4.79 Å². The van der Waals surface area contributed by atoms with Crippen LogP contribution in [0.15, 0.2) is 29.4 Å². The Bertz CT molecular complexity index is 1050. The normalized spacial score (nSPS) is 10.7. The molecular weight excluding hydrogens is 426 g/mol. The molecule has 0 saturated carbocycles. The first-order valence-electron chi connectivity index (χ1n) is 9.04. The number of amides is 1. The molecule has 158 valence electrons. The molecule has 0 radical (unpaired) electrons. The number of nitrogens with zero attached hydrogens (tertiary/aromatic N) is 4. The smallest absolute Gasteiger partial charge is 0.350 e. The van der Waals surface area contributed by atoms with Crippen LogP contribution in [0.4, 0.5) is 5.13 Å². The van der Waals surface area contributed by atoms with Crippen molar-refractivity contribution in [2.75, 3.05) is 24.8 Å². The van der Waals surface area contributed by atoms with Crippen molar-refractivity contribution in [3.63, 3.8) is 0 Å². The molecule has 1 aromatic carbocycles. The Morgan fingerprint density at radius 2 is 1.97 bits per heavy atom. The lowest BCUT2D eigenvalue weighted by Gasteiger charge is -2.05. The van der Waals surface area contributed by atoms with E-state index in [2.05, 4.69) is 20.5 Å². The van der Waals surface area contributed by atoms with E-state index in [1.807, 2.05) is 35.9 Å². The standard InChI is InChI=1S/C19H21N5O4S2/c1-5-28-17(26)15-11(2)20-18(30-15)21-14(25)10-29-19-23-22-16(24(19)3)12-6-8-13(27-4)9-7-12/h6-9H,5,10H2,1-4H3,(H,20,21,25). The van der Waals surface area contributed by atoms with Crippen molar-refractivity contribution in [3.05, 3.63) is 34.8 Å². The minimum Gasteiger partial charge on any atom is -0.497 e. The third kappa shape index (κ3) is 4.97. The number of anilines is 1. The first-order chi connectivity index (χ1) is 14.4. The van der Waals surface area contributed by atoms with E-state index in [0.717, 1.165) is 22.6 Å². The van der Waals surface area contributed by atoms with Gasteiger partial charge < -0.3 is 19.4 Å². The van der Waals surface area contributed by atoms with Gasteiger partial charge in [0.05, 0.1) is 25.2 Å². The van der Waals surface area contributed by atoms with Gasteiger partial charge in [-0.1, -0.05) is 23.1 Å². The number of aryl methyl sites for hydroxylation is 1. The summed E-state index contributed by atoms with van der Waals surface area (Å²) in [6.45, 7) is 3.72. The molecule has 3 rings (SSSR count). The zero-order valence-corrected chi connectivity index (χ0v) is 18.6. The maximum atomic E-state index is 12.3. The highest BCUT2D eigenvalue weighted by Crippen LogP contribution is 2.26. The molecule has 0 atom stereocenters. The maximum absolute atomic E-state index is 12.3. The van der Waals surface area contributed by atoms with Crippen LogP contribution in [0.5, 0.6) is 5.75 Å². The van der Waals surface area contributed by atoms with Crippen LogP contribution in [0.3, 0.4) is 0 Å². The van der Waals surface area contributed by atoms with Gasteiger partial charge in [0.25, 0.3) is 0 Å². The van der Waals surface area contributed by atoms with E-state index in [-0.39, 0.29) is 18.3 Å². The number of rotatable bonds is 8. The van der Waals surface area contributed by atoms with E-state index in [1.54, 1.807) is 21.0 Å². The molecule has 2 heterocycles. The lowest BCUT2D eigenvalue weighted by atomic mass is 10.2. The summed E-state index contributed by atoms with van der Waals surface area (Å²) in [5, 5.41) is 12.1. The van der Waals surface area contributed by atoms with Crippen LogP contribution < -0.4 is 10.1 Å². The summed E-state index contributed by atoms with van der Waals surface area (Å²) in [6.07, 6.45) is 0. The Hall–Kier alpha value is -2.92. The van der Waals surface area contributed by atoms with Crippen LogP contribution in [-0.4, -0.2) is 51.1 Å². The van der Waals surface area contributed by atoms with Gasteiger partial charge in [-0.15, -0.1) is 10.2 Å². The van der Waals surface area contributed by atoms with Crippen molar-refractivity contribution in [2.45, 2.75) is 19.0 Å². The van der Waals surface area contributed by atoms with Crippen LogP contribution in [-0.2, 0) is 16.6 Å². The van der Waals surface area contributed by atoms with E-state index in [9.17, 15) is 9.59 Å². The van der Waals surface area contributed by atoms with Crippen LogP contribution in [0.25, 0.3) is 11.4 Å². The number of benzene rings is 1. The summed E-state index contributed by atoms with van der Waals surface area (Å²) >= 11 is 2.36. The SMILES string of the molecule is CCOC(=O)c1sc(NC(=O)CSc2nnc(-c3ccc(OC)cc3)n2C)nc1C. The summed E-state index contributed by atoms with van der Waals surface area (Å²) < 4.78 is 12.0. The Labute approximate surface area is 181 Å². The van der Waals surface area contributed by atoms with Gasteiger partial charge in [0.15, 0.2) is 16.1 Å². The van der Waals surface area contributed by atoms with Crippen molar-refractivity contribution < 1.29 is 19.1 Å². The van der Waals surface area contributed by atoms with Gasteiger partial charge in [-0.25, -0.2) is 9.78 Å². The molecule has 0 aliphatic carbocycles. The minimum absolute atomic E-state index is 0.127. The number of esters is 1. The molecule has 1 N–H and O–H groups in total. The number of thiazole rings is 1. The summed E-state index contributed by atoms with van der Waals surface area (Å²) in [4.78, 5) is 28.8. The number of ether oxygens (including phenoxy) is 2. The summed E-state index contributed by atoms with van der Waals surface area (Å²) in [5.41, 5.74) is 1.42. The van der Waals surface area contributed by atoms with Crippen LogP contribution >= 0.6 is 23.1 Å². The molecule has 0 spiro atoms. The van der Waals surface area contributed by atoms with E-state index in [4.69, 9.17) is 9.47 Å². The molecule has 11 heteroatoms. The Morgan fingerprint density at radius 1 is 1.23 bits per heavy atom. The number of nitrogens with one attached hydrogen (secondary N) is 1. The maximum Gasteiger partial charge on any atom is 0.350 e. The molecule has 0 aliphatic heterocycles. The Balaban J connectivity index is 1.61. The number of hydrogen-bond acceptors (Lipinski definition) is 9. The zero-order valence-electron chi connectivity index (χ0n) is 17.0. The molecule has 3 aromatic rings. The summed E-state index contributed by atoms with van der Waals surface area (Å²) in [6, 6.07) is 7.50. The average molecular weight is 448 g/mol. The van der Waals surface area contributed by atoms with Gasteiger partial charge >= 0.3 is 5.97 Å². The first-order valence-corrected chi connectivity index (χ1v) is 10.8. The first kappa shape index (κ1) is 21.8. The van der Waals surface area contributed by atoms with Crippen molar-refractivity contribution >= 4 is 40.1 Å². The molecule has 0 unspecified atom stereocenters. The van der Waals surface area contributed by atoms with E-state index >= 15 is 0 Å². The van der Waals surface area contributed by atoms with E-state index in [0.29, 0.717) is 26.7 Å². The number of methoxy groups -OCH3 is 1. The number of hydrogen-bond donors (Lipinski definition) is 1. The highest BCUT2D eigenvalue weighted by atomic mass is 32.2. The number of aromatic nitrogens is 4. The lowest BCUT2D eigenvalue weighted by Crippen LogP contribution is -2.14. The molecule has 9 nitrogen and oxygen atoms in total. The zero-order chi connectivity index (χ0) is 21.7. The van der Waals surface area contributed by atoms with Gasteiger partial charge in [0, 0.05) is 12.6 Å². The predicted octanol–water partition coefficient (Wildman–Crippen LogP) is 3.16. The van der Waals surface area contributed by atoms with Gasteiger partial charge in [-0.2, -0.15) is 0 Å². The third-order valence-corrected chi connectivity index (χ3v) is 6.09. The van der Waals surface area contributed by atoms with Gasteiger partial charge in [0.1, 0.15) is 10.6 Å². The summed E-state index contributed by atoms with van der Waals surface area (Å²) in [5.74, 6) is 0.888. The monoisotopic (exact) mass is 447 g/mol. The topological polar surface area (TPSA) is 108 Å². The lowest BCUT2D eigenvalue weighted by molar-refractivity contribution is -0.113. The molecule has 2 aromatic heterocycles. The average Bonchev–Trinajstić information content (AvgIpc) is 3.28. The van der Waals surface area contributed by atoms with Gasteiger partial charge in [-0.05, 0) is 38.1 Å². The second kappa shape index (κ2) is 9.72. The number of carbonyl (C=O) groups is 2. The molecule has 0 bridgehead atoms. The van der Waals surface area contributed by atoms with E-state index < -0.39 is 5.97 Å². The number of thioether (sulfide) groups is 1. The molecule has 30 heavy (non-hydrogen) atoms. The highest BCUT2D eigenvalue weighted by molar-refractivity contribution is 7.99. The minimum atomic E-state index is -0.437. The van der Waals surface area contributed by atoms with Gasteiger partial charge in [0.2, 0.25) is 5.91 Å². The molecular formula is C19H21N5O4S2.